The Hall–Kier alpha value is -3.03. The van der Waals surface area contributed by atoms with E-state index in [9.17, 15) is 23.2 Å². The van der Waals surface area contributed by atoms with Gasteiger partial charge in [-0.15, -0.1) is 0 Å². The quantitative estimate of drug-likeness (QED) is 0.671. The molecule has 3 amide bonds. The number of allylic oxidation sites excluding steroid dienone is 4. The van der Waals surface area contributed by atoms with Crippen molar-refractivity contribution in [2.24, 2.45) is 11.7 Å². The van der Waals surface area contributed by atoms with Crippen molar-refractivity contribution in [2.45, 2.75) is 52.6 Å². The van der Waals surface area contributed by atoms with E-state index >= 15 is 0 Å². The number of nitrogens with zero attached hydrogens (tertiary/aromatic N) is 1. The fourth-order valence-corrected chi connectivity index (χ4v) is 3.36. The summed E-state index contributed by atoms with van der Waals surface area (Å²) in [6.45, 7) is 7.30. The third kappa shape index (κ3) is 6.73. The lowest BCUT2D eigenvalue weighted by molar-refractivity contribution is 0.0595. The first-order chi connectivity index (χ1) is 14.4. The van der Waals surface area contributed by atoms with Crippen molar-refractivity contribution in [2.75, 3.05) is 6.54 Å². The summed E-state index contributed by atoms with van der Waals surface area (Å²) in [5.74, 6) is -1.43. The second-order valence-electron chi connectivity index (χ2n) is 8.63. The summed E-state index contributed by atoms with van der Waals surface area (Å²) >= 11 is 0. The van der Waals surface area contributed by atoms with E-state index in [2.05, 4.69) is 4.74 Å². The summed E-state index contributed by atoms with van der Waals surface area (Å²) in [5.41, 5.74) is 5.40. The van der Waals surface area contributed by atoms with Crippen LogP contribution in [-0.4, -0.2) is 35.0 Å². The minimum atomic E-state index is -0.725. The van der Waals surface area contributed by atoms with E-state index in [1.165, 1.54) is 11.0 Å². The number of rotatable bonds is 4. The molecular weight excluding hydrogens is 406 g/mol. The van der Waals surface area contributed by atoms with Crippen LogP contribution in [0.15, 0.2) is 47.6 Å². The van der Waals surface area contributed by atoms with Gasteiger partial charge in [0.1, 0.15) is 17.3 Å². The molecule has 1 aromatic rings. The van der Waals surface area contributed by atoms with Crippen molar-refractivity contribution < 1.29 is 27.9 Å². The Morgan fingerprint density at radius 3 is 2.13 bits per heavy atom. The molecule has 2 aliphatic rings. The van der Waals surface area contributed by atoms with Gasteiger partial charge in [0, 0.05) is 19.4 Å². The van der Waals surface area contributed by atoms with E-state index in [1.807, 2.05) is 6.92 Å². The SMILES string of the molecule is CC(C)(C)OC(N)=O.CC(CC1=C(F)CCC(F)=C1)CN1C(=O)c2ccccc2C1=O. The number of fused-ring (bicyclic) bond motifs is 1. The molecule has 0 spiro atoms. The van der Waals surface area contributed by atoms with Crippen LogP contribution in [0, 0.1) is 5.92 Å². The predicted octanol–water partition coefficient (Wildman–Crippen LogP) is 5.06. The fraction of sp³-hybridized carbons (Fsp3) is 0.435. The van der Waals surface area contributed by atoms with Gasteiger partial charge in [-0.3, -0.25) is 14.5 Å². The minimum absolute atomic E-state index is 0.0808. The van der Waals surface area contributed by atoms with Crippen LogP contribution in [0.25, 0.3) is 0 Å². The van der Waals surface area contributed by atoms with Crippen molar-refractivity contribution in [3.05, 3.63) is 58.7 Å². The van der Waals surface area contributed by atoms with E-state index in [4.69, 9.17) is 5.73 Å². The summed E-state index contributed by atoms with van der Waals surface area (Å²) in [7, 11) is 0. The van der Waals surface area contributed by atoms with Crippen LogP contribution >= 0.6 is 0 Å². The topological polar surface area (TPSA) is 89.7 Å². The maximum absolute atomic E-state index is 13.8. The van der Waals surface area contributed by atoms with Gasteiger partial charge < -0.3 is 10.5 Å². The molecule has 0 fully saturated rings. The molecule has 1 aliphatic carbocycles. The van der Waals surface area contributed by atoms with E-state index < -0.39 is 11.7 Å². The van der Waals surface area contributed by atoms with Crippen LogP contribution in [0.3, 0.4) is 0 Å². The van der Waals surface area contributed by atoms with Crippen LogP contribution in [0.1, 0.15) is 67.7 Å². The number of nitrogens with two attached hydrogens (primary N) is 1. The van der Waals surface area contributed by atoms with Crippen LogP contribution in [0.4, 0.5) is 13.6 Å². The largest absolute Gasteiger partial charge is 0.444 e. The molecular formula is C23H28F2N2O4. The number of benzene rings is 1. The maximum Gasteiger partial charge on any atom is 0.405 e. The zero-order chi connectivity index (χ0) is 23.3. The summed E-state index contributed by atoms with van der Waals surface area (Å²) in [6.07, 6.45) is 0.988. The molecule has 168 valence electrons. The lowest BCUT2D eigenvalue weighted by Crippen LogP contribution is -2.34. The van der Waals surface area contributed by atoms with Gasteiger partial charge in [0.15, 0.2) is 0 Å². The Bertz CT molecular complexity index is 897. The second kappa shape index (κ2) is 9.85. The van der Waals surface area contributed by atoms with Gasteiger partial charge in [-0.1, -0.05) is 19.1 Å². The lowest BCUT2D eigenvalue weighted by Gasteiger charge is -2.21. The first kappa shape index (κ1) is 24.2. The molecule has 1 heterocycles. The molecule has 31 heavy (non-hydrogen) atoms. The van der Waals surface area contributed by atoms with Crippen molar-refractivity contribution in [3.63, 3.8) is 0 Å². The molecule has 1 aromatic carbocycles. The molecule has 0 aromatic heterocycles. The predicted molar refractivity (Wildman–Crippen MR) is 113 cm³/mol. The first-order valence-electron chi connectivity index (χ1n) is 10.1. The number of primary amides is 1. The Balaban J connectivity index is 0.000000366. The van der Waals surface area contributed by atoms with Crippen LogP contribution < -0.4 is 5.73 Å². The van der Waals surface area contributed by atoms with E-state index in [1.54, 1.807) is 45.0 Å². The molecule has 1 aliphatic heterocycles. The maximum atomic E-state index is 13.8. The summed E-state index contributed by atoms with van der Waals surface area (Å²) in [4.78, 5) is 35.8. The highest BCUT2D eigenvalue weighted by Gasteiger charge is 2.35. The number of carbonyl (C=O) groups excluding carboxylic acids is 3. The molecule has 1 unspecified atom stereocenters. The molecule has 2 N–H and O–H groups in total. The zero-order valence-corrected chi connectivity index (χ0v) is 18.2. The molecule has 0 bridgehead atoms. The Morgan fingerprint density at radius 2 is 1.68 bits per heavy atom. The van der Waals surface area contributed by atoms with E-state index in [-0.39, 0.29) is 48.8 Å². The number of ether oxygens (including phenoxy) is 1. The van der Waals surface area contributed by atoms with Crippen molar-refractivity contribution >= 4 is 17.9 Å². The third-order valence-corrected chi connectivity index (χ3v) is 4.61. The van der Waals surface area contributed by atoms with E-state index in [0.29, 0.717) is 23.1 Å². The Kier molecular flexibility index (Phi) is 7.70. The highest BCUT2D eigenvalue weighted by molar-refractivity contribution is 6.21. The van der Waals surface area contributed by atoms with Gasteiger partial charge in [-0.2, -0.15) is 0 Å². The van der Waals surface area contributed by atoms with Gasteiger partial charge in [-0.05, 0) is 56.9 Å². The van der Waals surface area contributed by atoms with Gasteiger partial charge in [0.05, 0.1) is 11.1 Å². The van der Waals surface area contributed by atoms with Gasteiger partial charge in [0.2, 0.25) is 0 Å². The average molecular weight is 434 g/mol. The molecule has 0 saturated heterocycles. The van der Waals surface area contributed by atoms with Crippen LogP contribution in [0.2, 0.25) is 0 Å². The highest BCUT2D eigenvalue weighted by atomic mass is 19.1. The first-order valence-corrected chi connectivity index (χ1v) is 10.1. The fourth-order valence-electron chi connectivity index (χ4n) is 3.36. The third-order valence-electron chi connectivity index (χ3n) is 4.61. The molecule has 1 atom stereocenters. The number of hydrogen-bond acceptors (Lipinski definition) is 4. The van der Waals surface area contributed by atoms with E-state index in [0.717, 1.165) is 0 Å². The van der Waals surface area contributed by atoms with Gasteiger partial charge in [-0.25, -0.2) is 13.6 Å². The highest BCUT2D eigenvalue weighted by Crippen LogP contribution is 2.31. The Morgan fingerprint density at radius 1 is 1.13 bits per heavy atom. The summed E-state index contributed by atoms with van der Waals surface area (Å²) in [6, 6.07) is 6.68. The number of imide groups is 1. The van der Waals surface area contributed by atoms with Crippen LogP contribution in [0.5, 0.6) is 0 Å². The number of hydrogen-bond donors (Lipinski definition) is 1. The average Bonchev–Trinajstić information content (AvgIpc) is 2.88. The number of halogens is 2. The smallest absolute Gasteiger partial charge is 0.405 e. The normalized spacial score (nSPS) is 17.0. The standard InChI is InChI=1S/C18H17F2NO2.C5H11NO2/c1-11(8-12-9-13(19)6-7-16(12)20)10-21-17(22)14-4-2-3-5-15(14)18(21)23;1-5(2,3)8-4(6)7/h2-5,9,11H,6-8,10H2,1H3;1-3H3,(H2,6,7). The number of carbonyl (C=O) groups is 3. The monoisotopic (exact) mass is 434 g/mol. The molecule has 0 saturated carbocycles. The Labute approximate surface area is 180 Å². The van der Waals surface area contributed by atoms with Crippen LogP contribution in [-0.2, 0) is 4.74 Å². The van der Waals surface area contributed by atoms with Crippen molar-refractivity contribution in [3.8, 4) is 0 Å². The molecule has 3 rings (SSSR count). The summed E-state index contributed by atoms with van der Waals surface area (Å²) in [5, 5.41) is 0. The summed E-state index contributed by atoms with van der Waals surface area (Å²) < 4.78 is 31.7. The lowest BCUT2D eigenvalue weighted by atomic mass is 9.95. The minimum Gasteiger partial charge on any atom is -0.444 e. The van der Waals surface area contributed by atoms with Crippen molar-refractivity contribution in [1.29, 1.82) is 0 Å². The molecule has 0 radical (unpaired) electrons. The second-order valence-corrected chi connectivity index (χ2v) is 8.63. The van der Waals surface area contributed by atoms with Crippen molar-refractivity contribution in [1.82, 2.24) is 4.90 Å². The zero-order valence-electron chi connectivity index (χ0n) is 18.2. The number of amides is 3. The van der Waals surface area contributed by atoms with Gasteiger partial charge in [0.25, 0.3) is 11.8 Å². The molecule has 8 heteroatoms. The molecule has 6 nitrogen and oxygen atoms in total. The van der Waals surface area contributed by atoms with Gasteiger partial charge >= 0.3 is 6.09 Å².